The molecule has 6 heteroatoms. The summed E-state index contributed by atoms with van der Waals surface area (Å²) in [6.07, 6.45) is 2.27. The Kier molecular flexibility index (Phi) is 3.98. The second kappa shape index (κ2) is 5.49. The molecule has 18 heavy (non-hydrogen) atoms. The third kappa shape index (κ3) is 2.54. The summed E-state index contributed by atoms with van der Waals surface area (Å²) in [4.78, 5) is 12.4. The third-order valence-electron chi connectivity index (χ3n) is 3.56. The van der Waals surface area contributed by atoms with Crippen molar-refractivity contribution in [2.75, 3.05) is 27.2 Å². The number of likely N-dealkylation sites (tertiary alicyclic amines) is 1. The Hall–Kier alpha value is -1.40. The zero-order valence-corrected chi connectivity index (χ0v) is 10.8. The van der Waals surface area contributed by atoms with Crippen molar-refractivity contribution in [3.63, 3.8) is 0 Å². The van der Waals surface area contributed by atoms with E-state index in [1.54, 1.807) is 6.07 Å². The monoisotopic (exact) mass is 253 g/mol. The topological polar surface area (TPSA) is 71.5 Å². The maximum absolute atomic E-state index is 10.7. The highest BCUT2D eigenvalue weighted by Gasteiger charge is 2.33. The van der Waals surface area contributed by atoms with Crippen molar-refractivity contribution < 1.29 is 9.34 Å². The largest absolute Gasteiger partial charge is 0.433 e. The fourth-order valence-corrected chi connectivity index (χ4v) is 2.78. The van der Waals surface area contributed by atoms with E-state index in [2.05, 4.69) is 10.2 Å². The molecule has 2 rings (SSSR count). The maximum atomic E-state index is 10.7. The molecule has 1 aliphatic rings. The molecule has 1 aliphatic heterocycles. The molecule has 100 valence electrons. The van der Waals surface area contributed by atoms with Crippen molar-refractivity contribution >= 4 is 5.88 Å². The quantitative estimate of drug-likeness (QED) is 0.654. The Morgan fingerprint density at radius 2 is 2.39 bits per heavy atom. The van der Waals surface area contributed by atoms with E-state index in [1.165, 1.54) is 6.07 Å². The fourth-order valence-electron chi connectivity index (χ4n) is 2.78. The average molecular weight is 253 g/mol. The lowest BCUT2D eigenvalue weighted by Gasteiger charge is -2.37. The smallest absolute Gasteiger partial charge is 0.404 e. The summed E-state index contributed by atoms with van der Waals surface area (Å²) in [5.41, 5.74) is 0. The maximum Gasteiger partial charge on any atom is 0.433 e. The van der Waals surface area contributed by atoms with Crippen LogP contribution in [0.4, 0.5) is 5.88 Å². The Labute approximate surface area is 106 Å². The summed E-state index contributed by atoms with van der Waals surface area (Å²) >= 11 is 0. The second-order valence-electron chi connectivity index (χ2n) is 4.82. The minimum atomic E-state index is -0.487. The minimum Gasteiger partial charge on any atom is -0.404 e. The first kappa shape index (κ1) is 13.0. The summed E-state index contributed by atoms with van der Waals surface area (Å²) < 4.78 is 5.36. The molecule has 0 saturated carbocycles. The van der Waals surface area contributed by atoms with Gasteiger partial charge in [0, 0.05) is 0 Å². The predicted molar refractivity (Wildman–Crippen MR) is 67.4 cm³/mol. The molecule has 0 aromatic carbocycles. The van der Waals surface area contributed by atoms with Gasteiger partial charge in [0.2, 0.25) is 0 Å². The van der Waals surface area contributed by atoms with Crippen LogP contribution in [0.3, 0.4) is 0 Å². The van der Waals surface area contributed by atoms with Gasteiger partial charge in [-0.2, -0.15) is 0 Å². The van der Waals surface area contributed by atoms with Crippen LogP contribution >= 0.6 is 0 Å². The Balaban J connectivity index is 2.22. The first-order chi connectivity index (χ1) is 8.63. The summed E-state index contributed by atoms with van der Waals surface area (Å²) in [6, 6.07) is 3.29. The van der Waals surface area contributed by atoms with Crippen LogP contribution in [-0.4, -0.2) is 37.0 Å². The van der Waals surface area contributed by atoms with Crippen molar-refractivity contribution in [2.24, 2.45) is 5.92 Å². The van der Waals surface area contributed by atoms with Crippen LogP contribution in [0.25, 0.3) is 0 Å². The second-order valence-corrected chi connectivity index (χ2v) is 4.82. The zero-order valence-electron chi connectivity index (χ0n) is 10.8. The molecule has 2 atom stereocenters. The summed E-state index contributed by atoms with van der Waals surface area (Å²) in [5, 5.41) is 13.9. The number of rotatable bonds is 4. The summed E-state index contributed by atoms with van der Waals surface area (Å²) in [5.74, 6) is 0.954. The van der Waals surface area contributed by atoms with E-state index in [0.717, 1.165) is 25.9 Å². The minimum absolute atomic E-state index is 0.125. The van der Waals surface area contributed by atoms with Crippen LogP contribution in [-0.2, 0) is 0 Å². The number of hydrogen-bond acceptors (Lipinski definition) is 5. The molecule has 1 fully saturated rings. The van der Waals surface area contributed by atoms with Crippen molar-refractivity contribution in [3.05, 3.63) is 28.0 Å². The molecule has 2 unspecified atom stereocenters. The Bertz CT molecular complexity index is 416. The van der Waals surface area contributed by atoms with Gasteiger partial charge in [-0.3, -0.25) is 15.0 Å². The summed E-state index contributed by atoms with van der Waals surface area (Å²) in [6.45, 7) is 1.89. The fraction of sp³-hybridized carbons (Fsp3) is 0.667. The van der Waals surface area contributed by atoms with Crippen LogP contribution in [0.15, 0.2) is 16.5 Å². The van der Waals surface area contributed by atoms with Gasteiger partial charge in [0.05, 0.1) is 12.1 Å². The lowest BCUT2D eigenvalue weighted by Crippen LogP contribution is -2.39. The predicted octanol–water partition coefficient (Wildman–Crippen LogP) is 1.79. The van der Waals surface area contributed by atoms with Crippen LogP contribution in [0.5, 0.6) is 0 Å². The molecule has 1 aromatic heterocycles. The van der Waals surface area contributed by atoms with Crippen molar-refractivity contribution in [2.45, 2.75) is 18.9 Å². The van der Waals surface area contributed by atoms with Crippen molar-refractivity contribution in [1.29, 1.82) is 0 Å². The molecule has 2 heterocycles. The Morgan fingerprint density at radius 1 is 1.61 bits per heavy atom. The molecule has 0 aliphatic carbocycles. The van der Waals surface area contributed by atoms with E-state index < -0.39 is 4.92 Å². The lowest BCUT2D eigenvalue weighted by molar-refractivity contribution is -0.402. The van der Waals surface area contributed by atoms with Crippen LogP contribution in [0.1, 0.15) is 24.6 Å². The number of hydrogen-bond donors (Lipinski definition) is 1. The third-order valence-corrected chi connectivity index (χ3v) is 3.56. The number of piperidine rings is 1. The first-order valence-electron chi connectivity index (χ1n) is 6.22. The van der Waals surface area contributed by atoms with E-state index in [-0.39, 0.29) is 11.9 Å². The van der Waals surface area contributed by atoms with Gasteiger partial charge in [0.25, 0.3) is 0 Å². The van der Waals surface area contributed by atoms with Crippen molar-refractivity contribution in [3.8, 4) is 0 Å². The van der Waals surface area contributed by atoms with Crippen LogP contribution in [0.2, 0.25) is 0 Å². The molecule has 6 nitrogen and oxygen atoms in total. The number of furan rings is 1. The van der Waals surface area contributed by atoms with Crippen LogP contribution in [0, 0.1) is 16.0 Å². The van der Waals surface area contributed by atoms with E-state index >= 15 is 0 Å². The highest BCUT2D eigenvalue weighted by Crippen LogP contribution is 2.36. The van der Waals surface area contributed by atoms with Gasteiger partial charge in [-0.1, -0.05) is 0 Å². The van der Waals surface area contributed by atoms with Gasteiger partial charge in [-0.25, -0.2) is 0 Å². The molecule has 1 saturated heterocycles. The van der Waals surface area contributed by atoms with Gasteiger partial charge in [-0.05, 0) is 52.0 Å². The molecule has 0 amide bonds. The SMILES string of the molecule is CNCC1CCCN(C)C1c1ccc([N+](=O)[O-])o1. The molecular weight excluding hydrogens is 234 g/mol. The van der Waals surface area contributed by atoms with Gasteiger partial charge in [0.15, 0.2) is 0 Å². The van der Waals surface area contributed by atoms with Gasteiger partial charge >= 0.3 is 5.88 Å². The summed E-state index contributed by atoms with van der Waals surface area (Å²) in [7, 11) is 3.97. The van der Waals surface area contributed by atoms with E-state index in [1.807, 2.05) is 14.1 Å². The van der Waals surface area contributed by atoms with E-state index in [9.17, 15) is 10.1 Å². The van der Waals surface area contributed by atoms with Crippen molar-refractivity contribution in [1.82, 2.24) is 10.2 Å². The molecular formula is C12H19N3O3. The zero-order chi connectivity index (χ0) is 13.1. The highest BCUT2D eigenvalue weighted by atomic mass is 16.6. The number of nitrogens with zero attached hydrogens (tertiary/aromatic N) is 2. The molecule has 0 radical (unpaired) electrons. The normalized spacial score (nSPS) is 25.2. The number of nitrogens with one attached hydrogen (secondary N) is 1. The average Bonchev–Trinajstić information content (AvgIpc) is 2.79. The molecule has 1 N–H and O–H groups in total. The van der Waals surface area contributed by atoms with Gasteiger partial charge in [-0.15, -0.1) is 0 Å². The van der Waals surface area contributed by atoms with Crippen LogP contribution < -0.4 is 5.32 Å². The van der Waals surface area contributed by atoms with E-state index in [0.29, 0.717) is 11.7 Å². The molecule has 1 aromatic rings. The molecule has 0 spiro atoms. The Morgan fingerprint density at radius 3 is 3.00 bits per heavy atom. The van der Waals surface area contributed by atoms with Gasteiger partial charge in [0.1, 0.15) is 10.7 Å². The standard InChI is InChI=1S/C12H19N3O3/c1-13-8-9-4-3-7-14(2)12(9)10-5-6-11(18-10)15(16)17/h5-6,9,12-13H,3-4,7-8H2,1-2H3. The lowest BCUT2D eigenvalue weighted by atomic mass is 9.88. The number of nitro groups is 1. The first-order valence-corrected chi connectivity index (χ1v) is 6.22. The molecule has 0 bridgehead atoms. The van der Waals surface area contributed by atoms with E-state index in [4.69, 9.17) is 4.42 Å². The highest BCUT2D eigenvalue weighted by molar-refractivity contribution is 5.20. The van der Waals surface area contributed by atoms with Gasteiger partial charge < -0.3 is 9.73 Å².